The molecule has 0 radical (unpaired) electrons. The number of likely N-dealkylation sites (tertiary alicyclic amines) is 1. The molecule has 1 aromatic carbocycles. The van der Waals surface area contributed by atoms with E-state index in [1.807, 2.05) is 0 Å². The molecular weight excluding hydrogens is 330 g/mol. The van der Waals surface area contributed by atoms with E-state index in [9.17, 15) is 19.2 Å². The molecule has 3 amide bonds. The Labute approximate surface area is 141 Å². The lowest BCUT2D eigenvalue weighted by atomic mass is 10.2. The van der Waals surface area contributed by atoms with E-state index in [-0.39, 0.29) is 37.6 Å². The van der Waals surface area contributed by atoms with E-state index in [4.69, 9.17) is 9.15 Å². The van der Waals surface area contributed by atoms with Crippen molar-refractivity contribution in [3.05, 3.63) is 34.8 Å². The molecule has 1 atom stereocenters. The van der Waals surface area contributed by atoms with Crippen LogP contribution in [0.2, 0.25) is 0 Å². The van der Waals surface area contributed by atoms with E-state index < -0.39 is 11.8 Å². The molecule has 0 N–H and O–H groups in total. The number of hydrogen-bond donors (Lipinski definition) is 0. The van der Waals surface area contributed by atoms with Gasteiger partial charge in [-0.05, 0) is 18.6 Å². The Morgan fingerprint density at radius 3 is 2.76 bits per heavy atom. The molecule has 2 aromatic rings. The number of para-hydroxylation sites is 2. The highest BCUT2D eigenvalue weighted by atomic mass is 16.6. The molecule has 25 heavy (non-hydrogen) atoms. The van der Waals surface area contributed by atoms with Gasteiger partial charge in [-0.3, -0.25) is 14.2 Å². The van der Waals surface area contributed by atoms with Gasteiger partial charge in [-0.2, -0.15) is 0 Å². The molecule has 3 heterocycles. The van der Waals surface area contributed by atoms with Gasteiger partial charge < -0.3 is 14.1 Å². The van der Waals surface area contributed by atoms with Crippen molar-refractivity contribution >= 4 is 29.0 Å². The first-order valence-electron chi connectivity index (χ1n) is 7.89. The Balaban J connectivity index is 1.49. The number of amides is 3. The summed E-state index contributed by atoms with van der Waals surface area (Å²) in [5, 5.41) is 0. The summed E-state index contributed by atoms with van der Waals surface area (Å²) in [6.07, 6.45) is -0.172. The highest BCUT2D eigenvalue weighted by molar-refractivity contribution is 5.98. The Morgan fingerprint density at radius 1 is 1.20 bits per heavy atom. The smallest absolute Gasteiger partial charge is 0.420 e. The normalized spacial score (nSPS) is 20.6. The Kier molecular flexibility index (Phi) is 3.56. The molecule has 2 saturated heterocycles. The van der Waals surface area contributed by atoms with Crippen LogP contribution in [-0.4, -0.2) is 58.0 Å². The van der Waals surface area contributed by atoms with E-state index in [2.05, 4.69) is 0 Å². The predicted molar refractivity (Wildman–Crippen MR) is 83.7 cm³/mol. The van der Waals surface area contributed by atoms with Crippen molar-refractivity contribution in [2.45, 2.75) is 19.0 Å². The zero-order valence-electron chi connectivity index (χ0n) is 13.2. The Bertz CT molecular complexity index is 913. The van der Waals surface area contributed by atoms with Crippen molar-refractivity contribution < 1.29 is 23.5 Å². The van der Waals surface area contributed by atoms with Crippen molar-refractivity contribution in [3.63, 3.8) is 0 Å². The average molecular weight is 345 g/mol. The standard InChI is InChI=1S/C16H15N3O6/c20-13(8-18-11-3-1-2-4-12(11)25-15(18)22)17-6-5-10(7-17)19-14(21)9-24-16(19)23/h1-4,10H,5-9H2/t10-/m1/s1. The monoisotopic (exact) mass is 345 g/mol. The fraction of sp³-hybridized carbons (Fsp3) is 0.375. The second kappa shape index (κ2) is 5.76. The average Bonchev–Trinajstić information content (AvgIpc) is 3.27. The van der Waals surface area contributed by atoms with Crippen LogP contribution >= 0.6 is 0 Å². The number of rotatable bonds is 3. The number of carbonyl (C=O) groups is 3. The van der Waals surface area contributed by atoms with Gasteiger partial charge in [-0.1, -0.05) is 12.1 Å². The van der Waals surface area contributed by atoms with Crippen molar-refractivity contribution in [2.75, 3.05) is 19.7 Å². The summed E-state index contributed by atoms with van der Waals surface area (Å²) >= 11 is 0. The van der Waals surface area contributed by atoms with Gasteiger partial charge in [0, 0.05) is 13.1 Å². The first-order valence-corrected chi connectivity index (χ1v) is 7.89. The second-order valence-corrected chi connectivity index (χ2v) is 6.02. The van der Waals surface area contributed by atoms with Crippen LogP contribution < -0.4 is 5.76 Å². The fourth-order valence-electron chi connectivity index (χ4n) is 3.30. The molecule has 9 heteroatoms. The fourth-order valence-corrected chi connectivity index (χ4v) is 3.30. The molecule has 130 valence electrons. The lowest BCUT2D eigenvalue weighted by Gasteiger charge is -2.20. The number of cyclic esters (lactones) is 1. The number of oxazole rings is 1. The molecule has 0 bridgehead atoms. The number of aromatic nitrogens is 1. The molecule has 1 aromatic heterocycles. The maximum atomic E-state index is 12.5. The zero-order chi connectivity index (χ0) is 17.6. The Morgan fingerprint density at radius 2 is 2.00 bits per heavy atom. The number of nitrogens with zero attached hydrogens (tertiary/aromatic N) is 3. The van der Waals surface area contributed by atoms with E-state index in [1.165, 1.54) is 9.47 Å². The van der Waals surface area contributed by atoms with Crippen LogP contribution in [0.5, 0.6) is 0 Å². The molecule has 4 rings (SSSR count). The van der Waals surface area contributed by atoms with Gasteiger partial charge in [0.2, 0.25) is 5.91 Å². The van der Waals surface area contributed by atoms with E-state index in [0.29, 0.717) is 24.1 Å². The number of fused-ring (bicyclic) bond motifs is 1. The summed E-state index contributed by atoms with van der Waals surface area (Å²) in [7, 11) is 0. The SMILES string of the molecule is O=C(Cn1c(=O)oc2ccccc21)N1CC[C@@H](N2C(=O)COC2=O)C1. The predicted octanol–water partition coefficient (Wildman–Crippen LogP) is 0.174. The molecule has 0 aliphatic carbocycles. The maximum Gasteiger partial charge on any atom is 0.420 e. The minimum Gasteiger partial charge on any atom is -0.439 e. The molecule has 0 unspecified atom stereocenters. The topological polar surface area (TPSA) is 102 Å². The maximum absolute atomic E-state index is 12.5. The zero-order valence-corrected chi connectivity index (χ0v) is 13.2. The largest absolute Gasteiger partial charge is 0.439 e. The molecule has 2 aliphatic rings. The molecule has 2 fully saturated rings. The van der Waals surface area contributed by atoms with Crippen LogP contribution in [0.3, 0.4) is 0 Å². The van der Waals surface area contributed by atoms with E-state index in [0.717, 1.165) is 4.90 Å². The minimum absolute atomic E-state index is 0.152. The number of hydrogen-bond acceptors (Lipinski definition) is 6. The van der Waals surface area contributed by atoms with Crippen LogP contribution in [0.4, 0.5) is 4.79 Å². The first kappa shape index (κ1) is 15.4. The van der Waals surface area contributed by atoms with Gasteiger partial charge in [-0.15, -0.1) is 0 Å². The number of carbonyl (C=O) groups excluding carboxylic acids is 3. The van der Waals surface area contributed by atoms with Crippen LogP contribution in [0.25, 0.3) is 11.1 Å². The lowest BCUT2D eigenvalue weighted by Crippen LogP contribution is -2.42. The van der Waals surface area contributed by atoms with Gasteiger partial charge in [0.15, 0.2) is 12.2 Å². The quantitative estimate of drug-likeness (QED) is 0.786. The van der Waals surface area contributed by atoms with Gasteiger partial charge in [-0.25, -0.2) is 14.5 Å². The van der Waals surface area contributed by atoms with E-state index in [1.54, 1.807) is 24.3 Å². The summed E-state index contributed by atoms with van der Waals surface area (Å²) < 4.78 is 11.1. The summed E-state index contributed by atoms with van der Waals surface area (Å²) in [5.41, 5.74) is 0.972. The van der Waals surface area contributed by atoms with E-state index >= 15 is 0 Å². The molecule has 9 nitrogen and oxygen atoms in total. The summed E-state index contributed by atoms with van der Waals surface area (Å²) in [5.74, 6) is -1.25. The number of benzene rings is 1. The highest BCUT2D eigenvalue weighted by Crippen LogP contribution is 2.21. The van der Waals surface area contributed by atoms with Crippen LogP contribution in [0.15, 0.2) is 33.5 Å². The number of imide groups is 1. The van der Waals surface area contributed by atoms with Gasteiger partial charge in [0.05, 0.1) is 11.6 Å². The molecule has 0 saturated carbocycles. The van der Waals surface area contributed by atoms with Crippen LogP contribution in [0, 0.1) is 0 Å². The lowest BCUT2D eigenvalue weighted by molar-refractivity contribution is -0.132. The molecular formula is C16H15N3O6. The number of ether oxygens (including phenoxy) is 1. The Hall–Kier alpha value is -3.10. The minimum atomic E-state index is -0.665. The highest BCUT2D eigenvalue weighted by Gasteiger charge is 2.41. The van der Waals surface area contributed by atoms with Crippen LogP contribution in [-0.2, 0) is 20.9 Å². The summed E-state index contributed by atoms with van der Waals surface area (Å²) in [4.78, 5) is 50.4. The third-order valence-electron chi connectivity index (χ3n) is 4.53. The third kappa shape index (κ3) is 2.57. The van der Waals surface area contributed by atoms with Gasteiger partial charge >= 0.3 is 11.8 Å². The summed E-state index contributed by atoms with van der Waals surface area (Å²) in [6, 6.07) is 6.49. The first-order chi connectivity index (χ1) is 12.0. The van der Waals surface area contributed by atoms with Crippen LogP contribution in [0.1, 0.15) is 6.42 Å². The van der Waals surface area contributed by atoms with Crippen molar-refractivity contribution in [1.82, 2.24) is 14.4 Å². The third-order valence-corrected chi connectivity index (χ3v) is 4.53. The van der Waals surface area contributed by atoms with Crippen molar-refractivity contribution in [3.8, 4) is 0 Å². The molecule has 0 spiro atoms. The second-order valence-electron chi connectivity index (χ2n) is 6.02. The van der Waals surface area contributed by atoms with Crippen molar-refractivity contribution in [1.29, 1.82) is 0 Å². The summed E-state index contributed by atoms with van der Waals surface area (Å²) in [6.45, 7) is 0.246. The molecule has 2 aliphatic heterocycles. The van der Waals surface area contributed by atoms with Gasteiger partial charge in [0.25, 0.3) is 5.91 Å². The van der Waals surface area contributed by atoms with Gasteiger partial charge in [0.1, 0.15) is 6.54 Å². The van der Waals surface area contributed by atoms with Crippen molar-refractivity contribution in [2.24, 2.45) is 0 Å².